The lowest BCUT2D eigenvalue weighted by atomic mass is 10.1. The van der Waals surface area contributed by atoms with E-state index >= 15 is 0 Å². The zero-order valence-electron chi connectivity index (χ0n) is 13.1. The molecule has 21 heavy (non-hydrogen) atoms. The number of nitrogens with one attached hydrogen (secondary N) is 1. The summed E-state index contributed by atoms with van der Waals surface area (Å²) in [4.78, 5) is 0.929. The first-order valence-corrected chi connectivity index (χ1v) is 10.4. The third-order valence-electron chi connectivity index (χ3n) is 3.48. The van der Waals surface area contributed by atoms with E-state index in [0.717, 1.165) is 19.4 Å². The number of hydrogen-bond donors (Lipinski definition) is 1. The summed E-state index contributed by atoms with van der Waals surface area (Å²) < 4.78 is 35.5. The molecule has 3 atom stereocenters. The minimum atomic E-state index is -3.21. The highest BCUT2D eigenvalue weighted by Gasteiger charge is 2.22. The monoisotopic (exact) mass is 331 g/mol. The van der Waals surface area contributed by atoms with Gasteiger partial charge in [-0.1, -0.05) is 13.8 Å². The van der Waals surface area contributed by atoms with Crippen LogP contribution in [0.3, 0.4) is 0 Å². The van der Waals surface area contributed by atoms with Crippen molar-refractivity contribution in [3.63, 3.8) is 0 Å². The normalized spacial score (nSPS) is 16.4. The van der Waals surface area contributed by atoms with Crippen molar-refractivity contribution in [2.75, 3.05) is 12.8 Å². The standard InChI is InChI=1S/C15H25NO3S2/c1-5-11-16-15(6-2)12(3)20(17)13-7-9-14(10-8-13)21(4,18)19/h7-10,12,15-16H,5-6,11H2,1-4H3. The van der Waals surface area contributed by atoms with Gasteiger partial charge in [-0.3, -0.25) is 4.21 Å². The third kappa shape index (κ3) is 5.20. The summed E-state index contributed by atoms with van der Waals surface area (Å²) >= 11 is 0. The van der Waals surface area contributed by atoms with Gasteiger partial charge in [-0.15, -0.1) is 0 Å². The smallest absolute Gasteiger partial charge is 0.175 e. The Kier molecular flexibility index (Phi) is 7.03. The fourth-order valence-electron chi connectivity index (χ4n) is 2.16. The van der Waals surface area contributed by atoms with Crippen LogP contribution in [-0.4, -0.2) is 36.7 Å². The molecule has 0 aromatic heterocycles. The maximum Gasteiger partial charge on any atom is 0.175 e. The summed E-state index contributed by atoms with van der Waals surface area (Å²) in [6.07, 6.45) is 3.12. The van der Waals surface area contributed by atoms with Gasteiger partial charge >= 0.3 is 0 Å². The molecule has 4 nitrogen and oxygen atoms in total. The highest BCUT2D eigenvalue weighted by molar-refractivity contribution is 7.90. The minimum Gasteiger partial charge on any atom is -0.313 e. The van der Waals surface area contributed by atoms with E-state index in [-0.39, 0.29) is 16.2 Å². The molecule has 3 unspecified atom stereocenters. The van der Waals surface area contributed by atoms with Gasteiger partial charge < -0.3 is 5.32 Å². The Hall–Kier alpha value is -0.720. The number of hydrogen-bond acceptors (Lipinski definition) is 4. The van der Waals surface area contributed by atoms with E-state index in [1.54, 1.807) is 12.1 Å². The van der Waals surface area contributed by atoms with Crippen LogP contribution in [0.15, 0.2) is 34.1 Å². The topological polar surface area (TPSA) is 63.2 Å². The molecule has 120 valence electrons. The summed E-state index contributed by atoms with van der Waals surface area (Å²) in [5.41, 5.74) is 0. The lowest BCUT2D eigenvalue weighted by molar-refractivity contribution is 0.486. The average molecular weight is 332 g/mol. The summed E-state index contributed by atoms with van der Waals surface area (Å²) in [7, 11) is -4.36. The van der Waals surface area contributed by atoms with E-state index in [4.69, 9.17) is 0 Å². The van der Waals surface area contributed by atoms with Crippen LogP contribution in [0.5, 0.6) is 0 Å². The molecule has 1 rings (SSSR count). The molecule has 0 radical (unpaired) electrons. The maximum atomic E-state index is 12.6. The molecule has 6 heteroatoms. The van der Waals surface area contributed by atoms with E-state index in [0.29, 0.717) is 4.90 Å². The Bertz CT molecular complexity index is 567. The quantitative estimate of drug-likeness (QED) is 0.794. The number of rotatable bonds is 8. The molecule has 1 aromatic rings. The molecule has 0 aliphatic rings. The zero-order valence-corrected chi connectivity index (χ0v) is 14.8. The van der Waals surface area contributed by atoms with Gasteiger partial charge in [0, 0.05) is 17.2 Å². The summed E-state index contributed by atoms with van der Waals surface area (Å²) in [6, 6.07) is 6.54. The highest BCUT2D eigenvalue weighted by atomic mass is 32.2. The zero-order chi connectivity index (χ0) is 16.0. The van der Waals surface area contributed by atoms with Crippen molar-refractivity contribution in [2.24, 2.45) is 0 Å². The van der Waals surface area contributed by atoms with Gasteiger partial charge in [-0.05, 0) is 50.6 Å². The lowest BCUT2D eigenvalue weighted by Crippen LogP contribution is -2.40. The van der Waals surface area contributed by atoms with Crippen molar-refractivity contribution in [1.82, 2.24) is 5.32 Å². The largest absolute Gasteiger partial charge is 0.313 e. The van der Waals surface area contributed by atoms with Gasteiger partial charge in [0.15, 0.2) is 9.84 Å². The summed E-state index contributed by atoms with van der Waals surface area (Å²) in [5, 5.41) is 3.39. The maximum absolute atomic E-state index is 12.6. The van der Waals surface area contributed by atoms with Crippen LogP contribution >= 0.6 is 0 Å². The molecule has 1 N–H and O–H groups in total. The van der Waals surface area contributed by atoms with E-state index in [1.807, 2.05) is 6.92 Å². The van der Waals surface area contributed by atoms with Gasteiger partial charge in [0.2, 0.25) is 0 Å². The molecule has 0 aliphatic heterocycles. The van der Waals surface area contributed by atoms with Crippen LogP contribution in [-0.2, 0) is 20.6 Å². The van der Waals surface area contributed by atoms with Crippen LogP contribution < -0.4 is 5.32 Å². The van der Waals surface area contributed by atoms with Gasteiger partial charge in [-0.25, -0.2) is 8.42 Å². The fourth-order valence-corrected chi connectivity index (χ4v) is 4.21. The Morgan fingerprint density at radius 1 is 1.19 bits per heavy atom. The molecule has 1 aromatic carbocycles. The highest BCUT2D eigenvalue weighted by Crippen LogP contribution is 2.18. The lowest BCUT2D eigenvalue weighted by Gasteiger charge is -2.23. The second-order valence-corrected chi connectivity index (χ2v) is 9.04. The minimum absolute atomic E-state index is 0.0226. The molecular formula is C15H25NO3S2. The molecule has 0 spiro atoms. The fraction of sp³-hybridized carbons (Fsp3) is 0.600. The first kappa shape index (κ1) is 18.3. The molecule has 0 saturated heterocycles. The van der Waals surface area contributed by atoms with Gasteiger partial charge in [-0.2, -0.15) is 0 Å². The van der Waals surface area contributed by atoms with Crippen molar-refractivity contribution in [3.8, 4) is 0 Å². The molecule has 0 saturated carbocycles. The van der Waals surface area contributed by atoms with Crippen molar-refractivity contribution >= 4 is 20.6 Å². The van der Waals surface area contributed by atoms with Crippen LogP contribution in [0.25, 0.3) is 0 Å². The predicted octanol–water partition coefficient (Wildman–Crippen LogP) is 2.36. The first-order valence-electron chi connectivity index (χ1n) is 7.25. The second-order valence-electron chi connectivity index (χ2n) is 5.21. The van der Waals surface area contributed by atoms with Crippen LogP contribution in [0.1, 0.15) is 33.6 Å². The van der Waals surface area contributed by atoms with Crippen LogP contribution in [0, 0.1) is 0 Å². The van der Waals surface area contributed by atoms with Crippen molar-refractivity contribution in [1.29, 1.82) is 0 Å². The van der Waals surface area contributed by atoms with E-state index in [2.05, 4.69) is 19.2 Å². The first-order chi connectivity index (χ1) is 9.81. The Balaban J connectivity index is 2.87. The number of sulfone groups is 1. The molecule has 0 fully saturated rings. The van der Waals surface area contributed by atoms with Crippen molar-refractivity contribution < 1.29 is 12.6 Å². The third-order valence-corrected chi connectivity index (χ3v) is 6.35. The van der Waals surface area contributed by atoms with Crippen LogP contribution in [0.2, 0.25) is 0 Å². The Labute approximate surface area is 130 Å². The molecule has 0 amide bonds. The summed E-state index contributed by atoms with van der Waals surface area (Å²) in [5.74, 6) is 0. The summed E-state index contributed by atoms with van der Waals surface area (Å²) in [6.45, 7) is 7.06. The molecule has 0 heterocycles. The second kappa shape index (κ2) is 8.06. The number of benzene rings is 1. The van der Waals surface area contributed by atoms with Crippen molar-refractivity contribution in [2.45, 2.75) is 54.7 Å². The van der Waals surface area contributed by atoms with E-state index < -0.39 is 20.6 Å². The van der Waals surface area contributed by atoms with Crippen molar-refractivity contribution in [3.05, 3.63) is 24.3 Å². The van der Waals surface area contributed by atoms with Crippen LogP contribution in [0.4, 0.5) is 0 Å². The van der Waals surface area contributed by atoms with Gasteiger partial charge in [0.1, 0.15) is 0 Å². The average Bonchev–Trinajstić information content (AvgIpc) is 2.46. The van der Waals surface area contributed by atoms with Gasteiger partial charge in [0.25, 0.3) is 0 Å². The molecule has 0 aliphatic carbocycles. The van der Waals surface area contributed by atoms with E-state index in [1.165, 1.54) is 18.4 Å². The Morgan fingerprint density at radius 2 is 1.76 bits per heavy atom. The Morgan fingerprint density at radius 3 is 2.19 bits per heavy atom. The molecular weight excluding hydrogens is 306 g/mol. The van der Waals surface area contributed by atoms with E-state index in [9.17, 15) is 12.6 Å². The predicted molar refractivity (Wildman–Crippen MR) is 87.8 cm³/mol. The van der Waals surface area contributed by atoms with Gasteiger partial charge in [0.05, 0.1) is 20.9 Å². The molecule has 0 bridgehead atoms. The SMILES string of the molecule is CCCNC(CC)C(C)S(=O)c1ccc(S(C)(=O)=O)cc1.